The first-order valence-electron chi connectivity index (χ1n) is 11.3. The van der Waals surface area contributed by atoms with E-state index in [1.165, 1.54) is 24.5 Å². The third kappa shape index (κ3) is 7.74. The fourth-order valence-electron chi connectivity index (χ4n) is 3.17. The molecule has 0 saturated heterocycles. The van der Waals surface area contributed by atoms with Gasteiger partial charge in [0, 0.05) is 15.4 Å². The van der Waals surface area contributed by atoms with Crippen LogP contribution >= 0.6 is 11.8 Å². The van der Waals surface area contributed by atoms with Crippen molar-refractivity contribution in [3.05, 3.63) is 89.5 Å². The van der Waals surface area contributed by atoms with Crippen molar-refractivity contribution in [1.82, 2.24) is 9.97 Å². The van der Waals surface area contributed by atoms with Crippen LogP contribution in [0, 0.1) is 0 Å². The molecule has 0 aliphatic rings. The number of ketones is 1. The molecule has 3 aromatic carbocycles. The lowest BCUT2D eigenvalue weighted by Crippen LogP contribution is -2.11. The Bertz CT molecular complexity index is 1380. The van der Waals surface area contributed by atoms with Gasteiger partial charge in [-0.25, -0.2) is 9.78 Å². The van der Waals surface area contributed by atoms with Crippen LogP contribution in [0.3, 0.4) is 0 Å². The Morgan fingerprint density at radius 1 is 1.03 bits per heavy atom. The number of amides is 1. The minimum Gasteiger partial charge on any atom is -0.508 e. The van der Waals surface area contributed by atoms with Gasteiger partial charge in [0.1, 0.15) is 5.75 Å². The van der Waals surface area contributed by atoms with Gasteiger partial charge in [-0.2, -0.15) is 0 Å². The lowest BCUT2D eigenvalue weighted by molar-refractivity contribution is 0.101. The summed E-state index contributed by atoms with van der Waals surface area (Å²) in [6.45, 7) is 5.54. The van der Waals surface area contributed by atoms with E-state index in [0.29, 0.717) is 17.9 Å². The normalized spacial score (nSPS) is 10.2. The lowest BCUT2D eigenvalue weighted by atomic mass is 10.0. The van der Waals surface area contributed by atoms with E-state index in [4.69, 9.17) is 0 Å². The van der Waals surface area contributed by atoms with Gasteiger partial charge in [-0.05, 0) is 81.3 Å². The van der Waals surface area contributed by atoms with Crippen LogP contribution in [0.1, 0.15) is 36.7 Å². The number of benzene rings is 3. The summed E-state index contributed by atoms with van der Waals surface area (Å²) in [6.07, 6.45) is 2.14. The summed E-state index contributed by atoms with van der Waals surface area (Å²) in [7, 11) is 1.31. The van der Waals surface area contributed by atoms with Gasteiger partial charge < -0.3 is 14.8 Å². The first kappa shape index (κ1) is 26.6. The third-order valence-electron chi connectivity index (χ3n) is 5.05. The van der Waals surface area contributed by atoms with Gasteiger partial charge >= 0.3 is 6.09 Å². The molecule has 1 aromatic heterocycles. The average molecular weight is 504 g/mol. The molecule has 0 radical (unpaired) electrons. The fourth-order valence-corrected chi connectivity index (χ4v) is 4.04. The molecule has 36 heavy (non-hydrogen) atoms. The van der Waals surface area contributed by atoms with E-state index < -0.39 is 6.09 Å². The zero-order valence-corrected chi connectivity index (χ0v) is 21.5. The standard InChI is InChI=1S/C15H13N3O2S.C13H16O2/c1-20-15(19)18-14-16-12-8-7-11(9-13(12)17-14)21-10-5-3-2-4-6-10;1-9(2)4-5-12-8-11(10(3)14)6-7-13(12)15/h2-9H,1H3,(H2,16,17,18,19);4,6-8,15H,5H2,1-3H3. The molecule has 0 unspecified atom stereocenters. The van der Waals surface area contributed by atoms with E-state index in [1.54, 1.807) is 30.0 Å². The van der Waals surface area contributed by atoms with Gasteiger partial charge in [-0.1, -0.05) is 41.6 Å². The van der Waals surface area contributed by atoms with Gasteiger partial charge in [0.2, 0.25) is 5.95 Å². The van der Waals surface area contributed by atoms with Crippen molar-refractivity contribution >= 4 is 40.6 Å². The van der Waals surface area contributed by atoms with E-state index in [9.17, 15) is 14.7 Å². The van der Waals surface area contributed by atoms with E-state index >= 15 is 0 Å². The van der Waals surface area contributed by atoms with Gasteiger partial charge in [0.05, 0.1) is 18.1 Å². The maximum Gasteiger partial charge on any atom is 0.413 e. The number of phenols is 1. The van der Waals surface area contributed by atoms with Crippen molar-refractivity contribution in [3.63, 3.8) is 0 Å². The predicted octanol–water partition coefficient (Wildman–Crippen LogP) is 7.00. The Morgan fingerprint density at radius 3 is 2.44 bits per heavy atom. The molecule has 1 heterocycles. The molecule has 0 spiro atoms. The molecule has 0 aliphatic carbocycles. The molecule has 1 amide bonds. The summed E-state index contributed by atoms with van der Waals surface area (Å²) in [5, 5.41) is 12.1. The van der Waals surface area contributed by atoms with Crippen molar-refractivity contribution in [3.8, 4) is 5.75 Å². The molecule has 0 fully saturated rings. The van der Waals surface area contributed by atoms with Crippen LogP contribution in [-0.2, 0) is 11.2 Å². The van der Waals surface area contributed by atoms with Crippen LogP contribution in [-0.4, -0.2) is 34.1 Å². The molecular weight excluding hydrogens is 474 g/mol. The molecule has 186 valence electrons. The third-order valence-corrected chi connectivity index (χ3v) is 6.05. The number of carbonyl (C=O) groups excluding carboxylic acids is 2. The van der Waals surface area contributed by atoms with Crippen molar-refractivity contribution in [2.45, 2.75) is 37.0 Å². The summed E-state index contributed by atoms with van der Waals surface area (Å²) in [5.74, 6) is 0.643. The minimum atomic E-state index is -0.548. The molecule has 0 aliphatic heterocycles. The van der Waals surface area contributed by atoms with Gasteiger partial charge in [0.15, 0.2) is 5.78 Å². The van der Waals surface area contributed by atoms with Crippen LogP contribution in [0.15, 0.2) is 88.2 Å². The second-order valence-electron chi connectivity index (χ2n) is 8.18. The van der Waals surface area contributed by atoms with Crippen LogP contribution in [0.25, 0.3) is 11.0 Å². The number of allylic oxidation sites excluding steroid dienone is 2. The van der Waals surface area contributed by atoms with Crippen LogP contribution in [0.2, 0.25) is 0 Å². The van der Waals surface area contributed by atoms with E-state index in [-0.39, 0.29) is 11.5 Å². The van der Waals surface area contributed by atoms with Gasteiger partial charge in [-0.15, -0.1) is 0 Å². The topological polar surface area (TPSA) is 104 Å². The molecule has 8 heteroatoms. The monoisotopic (exact) mass is 503 g/mol. The number of ether oxygens (including phenoxy) is 1. The van der Waals surface area contributed by atoms with Crippen LogP contribution in [0.4, 0.5) is 10.7 Å². The number of imidazole rings is 1. The Hall–Kier alpha value is -4.04. The number of nitrogens with one attached hydrogen (secondary N) is 2. The number of aromatic amines is 1. The Labute approximate surface area is 214 Å². The summed E-state index contributed by atoms with van der Waals surface area (Å²) < 4.78 is 4.54. The molecule has 0 bridgehead atoms. The molecule has 4 rings (SSSR count). The molecule has 7 nitrogen and oxygen atoms in total. The zero-order valence-electron chi connectivity index (χ0n) is 20.7. The lowest BCUT2D eigenvalue weighted by Gasteiger charge is -2.04. The Morgan fingerprint density at radius 2 is 1.78 bits per heavy atom. The number of phenolic OH excluding ortho intramolecular Hbond substituents is 1. The molecule has 4 aromatic rings. The molecule has 0 atom stereocenters. The highest BCUT2D eigenvalue weighted by Gasteiger charge is 2.08. The van der Waals surface area contributed by atoms with Crippen LogP contribution in [0.5, 0.6) is 5.75 Å². The number of nitrogens with zero attached hydrogens (tertiary/aromatic N) is 1. The summed E-state index contributed by atoms with van der Waals surface area (Å²) in [5.41, 5.74) is 4.29. The second-order valence-corrected chi connectivity index (χ2v) is 9.33. The Balaban J connectivity index is 0.000000214. The number of H-pyrrole nitrogens is 1. The van der Waals surface area contributed by atoms with Crippen molar-refractivity contribution in [1.29, 1.82) is 0 Å². The van der Waals surface area contributed by atoms with Crippen LogP contribution < -0.4 is 5.32 Å². The maximum atomic E-state index is 11.2. The SMILES string of the molecule is CC(=O)c1ccc(O)c(CC=C(C)C)c1.COC(=O)Nc1nc2ccc(Sc3ccccc3)cc2[nH]1. The molecule has 0 saturated carbocycles. The zero-order chi connectivity index (χ0) is 26.1. The number of aromatic nitrogens is 2. The fraction of sp³-hybridized carbons (Fsp3) is 0.179. The first-order chi connectivity index (χ1) is 17.2. The van der Waals surface area contributed by atoms with Gasteiger partial charge in [-0.3, -0.25) is 10.1 Å². The number of Topliss-reactive ketones (excluding diaryl/α,β-unsaturated/α-hetero) is 1. The van der Waals surface area contributed by atoms with Crippen molar-refractivity contribution in [2.24, 2.45) is 0 Å². The molecule has 3 N–H and O–H groups in total. The average Bonchev–Trinajstić information content (AvgIpc) is 3.25. The van der Waals surface area contributed by atoms with E-state index in [1.807, 2.05) is 56.3 Å². The van der Waals surface area contributed by atoms with Gasteiger partial charge in [0.25, 0.3) is 0 Å². The minimum absolute atomic E-state index is 0.0217. The van der Waals surface area contributed by atoms with Crippen molar-refractivity contribution < 1.29 is 19.4 Å². The first-order valence-corrected chi connectivity index (χ1v) is 12.1. The van der Waals surface area contributed by atoms with E-state index in [2.05, 4.69) is 32.2 Å². The van der Waals surface area contributed by atoms with E-state index in [0.717, 1.165) is 21.5 Å². The maximum absolute atomic E-state index is 11.2. The highest BCUT2D eigenvalue weighted by Crippen LogP contribution is 2.29. The number of hydrogen-bond donors (Lipinski definition) is 3. The Kier molecular flexibility index (Phi) is 9.30. The quantitative estimate of drug-likeness (QED) is 0.193. The highest BCUT2D eigenvalue weighted by atomic mass is 32.2. The number of rotatable bonds is 6. The highest BCUT2D eigenvalue weighted by molar-refractivity contribution is 7.99. The molecular formula is C28H29N3O4S. The number of methoxy groups -OCH3 is 1. The number of aromatic hydroxyl groups is 1. The summed E-state index contributed by atoms with van der Waals surface area (Å²) in [4.78, 5) is 31.9. The predicted molar refractivity (Wildman–Crippen MR) is 144 cm³/mol. The number of fused-ring (bicyclic) bond motifs is 1. The number of carbonyl (C=O) groups is 2. The summed E-state index contributed by atoms with van der Waals surface area (Å²) in [6, 6.07) is 21.0. The largest absolute Gasteiger partial charge is 0.508 e. The summed E-state index contributed by atoms with van der Waals surface area (Å²) >= 11 is 1.67. The number of hydrogen-bond acceptors (Lipinski definition) is 6. The second kappa shape index (κ2) is 12.6. The van der Waals surface area contributed by atoms with Crippen molar-refractivity contribution in [2.75, 3.05) is 12.4 Å². The smallest absolute Gasteiger partial charge is 0.413 e. The number of anilines is 1.